The van der Waals surface area contributed by atoms with Gasteiger partial charge in [-0.1, -0.05) is 42.5 Å². The van der Waals surface area contributed by atoms with Crippen LogP contribution in [0.15, 0.2) is 72.9 Å². The molecule has 0 saturated carbocycles. The van der Waals surface area contributed by atoms with E-state index in [1.54, 1.807) is 18.3 Å². The van der Waals surface area contributed by atoms with Crippen LogP contribution in [0.5, 0.6) is 5.88 Å². The molecule has 4 aromatic rings. The molecule has 0 N–H and O–H groups in total. The SMILES string of the molecule is COc1nnc(-c2c(F)cccc2F)c(-c2ccccc2)c1-c1ccccn1. The van der Waals surface area contributed by atoms with E-state index in [1.165, 1.54) is 25.3 Å². The molecule has 4 nitrogen and oxygen atoms in total. The smallest absolute Gasteiger partial charge is 0.243 e. The van der Waals surface area contributed by atoms with Gasteiger partial charge in [-0.05, 0) is 29.8 Å². The Kier molecular flexibility index (Phi) is 4.76. The fourth-order valence-corrected chi connectivity index (χ4v) is 3.10. The molecule has 2 aromatic heterocycles. The summed E-state index contributed by atoms with van der Waals surface area (Å²) >= 11 is 0. The average molecular weight is 375 g/mol. The van der Waals surface area contributed by atoms with Crippen LogP contribution in [0.3, 0.4) is 0 Å². The van der Waals surface area contributed by atoms with Gasteiger partial charge in [0.05, 0.1) is 23.9 Å². The van der Waals surface area contributed by atoms with Crippen molar-refractivity contribution in [2.45, 2.75) is 0 Å². The van der Waals surface area contributed by atoms with Gasteiger partial charge in [0.1, 0.15) is 17.3 Å². The fraction of sp³-hybridized carbons (Fsp3) is 0.0455. The van der Waals surface area contributed by atoms with Gasteiger partial charge in [-0.2, -0.15) is 0 Å². The Morgan fingerprint density at radius 3 is 2.07 bits per heavy atom. The highest BCUT2D eigenvalue weighted by Gasteiger charge is 2.25. The van der Waals surface area contributed by atoms with Gasteiger partial charge in [0.15, 0.2) is 0 Å². The van der Waals surface area contributed by atoms with Gasteiger partial charge < -0.3 is 4.74 Å². The van der Waals surface area contributed by atoms with Crippen molar-refractivity contribution in [1.29, 1.82) is 0 Å². The molecule has 0 spiro atoms. The molecule has 0 aliphatic rings. The molecule has 0 unspecified atom stereocenters. The van der Waals surface area contributed by atoms with Crippen LogP contribution in [0.1, 0.15) is 0 Å². The second-order valence-corrected chi connectivity index (χ2v) is 5.99. The summed E-state index contributed by atoms with van der Waals surface area (Å²) in [5.74, 6) is -1.22. The van der Waals surface area contributed by atoms with Crippen LogP contribution in [0.2, 0.25) is 0 Å². The van der Waals surface area contributed by atoms with E-state index in [4.69, 9.17) is 4.74 Å². The summed E-state index contributed by atoms with van der Waals surface area (Å²) in [4.78, 5) is 4.39. The molecule has 4 rings (SSSR count). The zero-order valence-electron chi connectivity index (χ0n) is 14.9. The molecule has 0 amide bonds. The molecule has 2 heterocycles. The van der Waals surface area contributed by atoms with E-state index in [0.29, 0.717) is 22.4 Å². The predicted octanol–water partition coefficient (Wildman–Crippen LogP) is 5.16. The Labute approximate surface area is 160 Å². The maximum atomic E-state index is 14.6. The second-order valence-electron chi connectivity index (χ2n) is 5.99. The molecule has 0 aliphatic carbocycles. The van der Waals surface area contributed by atoms with Crippen LogP contribution in [-0.2, 0) is 0 Å². The largest absolute Gasteiger partial charge is 0.479 e. The first-order valence-electron chi connectivity index (χ1n) is 8.56. The zero-order valence-corrected chi connectivity index (χ0v) is 14.9. The first-order valence-corrected chi connectivity index (χ1v) is 8.56. The molecule has 6 heteroatoms. The number of hydrogen-bond donors (Lipinski definition) is 0. The average Bonchev–Trinajstić information content (AvgIpc) is 2.74. The van der Waals surface area contributed by atoms with Gasteiger partial charge in [0.25, 0.3) is 0 Å². The Morgan fingerprint density at radius 1 is 0.714 bits per heavy atom. The first-order chi connectivity index (χ1) is 13.7. The van der Waals surface area contributed by atoms with Gasteiger partial charge in [-0.15, -0.1) is 10.2 Å². The van der Waals surface area contributed by atoms with Crippen LogP contribution < -0.4 is 4.74 Å². The number of aromatic nitrogens is 3. The molecular weight excluding hydrogens is 360 g/mol. The van der Waals surface area contributed by atoms with Crippen molar-refractivity contribution >= 4 is 0 Å². The summed E-state index contributed by atoms with van der Waals surface area (Å²) in [6.45, 7) is 0. The van der Waals surface area contributed by atoms with E-state index in [9.17, 15) is 8.78 Å². The number of benzene rings is 2. The minimum atomic E-state index is -0.719. The van der Waals surface area contributed by atoms with Gasteiger partial charge in [0.2, 0.25) is 5.88 Å². The Balaban J connectivity index is 2.14. The first kappa shape index (κ1) is 17.7. The highest BCUT2D eigenvalue weighted by atomic mass is 19.1. The predicted molar refractivity (Wildman–Crippen MR) is 103 cm³/mol. The molecule has 0 aliphatic heterocycles. The summed E-state index contributed by atoms with van der Waals surface area (Å²) in [5.41, 5.74) is 2.13. The summed E-state index contributed by atoms with van der Waals surface area (Å²) in [6, 6.07) is 18.3. The molecule has 0 radical (unpaired) electrons. The lowest BCUT2D eigenvalue weighted by molar-refractivity contribution is 0.394. The maximum absolute atomic E-state index is 14.6. The molecule has 2 aromatic carbocycles. The highest BCUT2D eigenvalue weighted by Crippen LogP contribution is 2.43. The van der Waals surface area contributed by atoms with Crippen LogP contribution in [0, 0.1) is 11.6 Å². The second kappa shape index (κ2) is 7.52. The van der Waals surface area contributed by atoms with Crippen LogP contribution >= 0.6 is 0 Å². The zero-order chi connectivity index (χ0) is 19.5. The minimum absolute atomic E-state index is 0.0863. The van der Waals surface area contributed by atoms with Crippen LogP contribution in [0.4, 0.5) is 8.78 Å². The number of pyridine rings is 1. The van der Waals surface area contributed by atoms with Crippen LogP contribution in [0.25, 0.3) is 33.6 Å². The van der Waals surface area contributed by atoms with E-state index in [-0.39, 0.29) is 17.1 Å². The van der Waals surface area contributed by atoms with Gasteiger partial charge >= 0.3 is 0 Å². The van der Waals surface area contributed by atoms with Crippen molar-refractivity contribution < 1.29 is 13.5 Å². The lowest BCUT2D eigenvalue weighted by Crippen LogP contribution is -2.04. The quantitative estimate of drug-likeness (QED) is 0.494. The number of ether oxygens (including phenoxy) is 1. The van der Waals surface area contributed by atoms with E-state index in [0.717, 1.165) is 0 Å². The fourth-order valence-electron chi connectivity index (χ4n) is 3.10. The summed E-state index contributed by atoms with van der Waals surface area (Å²) < 4.78 is 34.6. The normalized spacial score (nSPS) is 10.7. The number of methoxy groups -OCH3 is 1. The lowest BCUT2D eigenvalue weighted by Gasteiger charge is -2.17. The molecule has 0 atom stereocenters. The number of halogens is 2. The molecular formula is C22H15F2N3O. The van der Waals surface area contributed by atoms with Crippen molar-refractivity contribution in [3.63, 3.8) is 0 Å². The van der Waals surface area contributed by atoms with E-state index in [1.807, 2.05) is 36.4 Å². The van der Waals surface area contributed by atoms with E-state index in [2.05, 4.69) is 15.2 Å². The molecule has 0 bridgehead atoms. The topological polar surface area (TPSA) is 47.9 Å². The number of rotatable bonds is 4. The number of hydrogen-bond acceptors (Lipinski definition) is 4. The molecule has 0 fully saturated rings. The third-order valence-corrected chi connectivity index (χ3v) is 4.32. The van der Waals surface area contributed by atoms with Gasteiger partial charge in [-0.3, -0.25) is 4.98 Å². The van der Waals surface area contributed by atoms with E-state index < -0.39 is 11.6 Å². The van der Waals surface area contributed by atoms with Gasteiger partial charge in [0, 0.05) is 11.8 Å². The van der Waals surface area contributed by atoms with E-state index >= 15 is 0 Å². The van der Waals surface area contributed by atoms with Gasteiger partial charge in [-0.25, -0.2) is 8.78 Å². The third kappa shape index (κ3) is 3.09. The third-order valence-electron chi connectivity index (χ3n) is 4.32. The molecule has 28 heavy (non-hydrogen) atoms. The summed E-state index contributed by atoms with van der Waals surface area (Å²) in [7, 11) is 1.47. The maximum Gasteiger partial charge on any atom is 0.243 e. The Bertz CT molecular complexity index is 1100. The van der Waals surface area contributed by atoms with Crippen molar-refractivity contribution in [2.24, 2.45) is 0 Å². The van der Waals surface area contributed by atoms with Crippen molar-refractivity contribution in [2.75, 3.05) is 7.11 Å². The molecule has 138 valence electrons. The van der Waals surface area contributed by atoms with Crippen molar-refractivity contribution in [1.82, 2.24) is 15.2 Å². The monoisotopic (exact) mass is 375 g/mol. The summed E-state index contributed by atoms with van der Waals surface area (Å²) in [5, 5.41) is 8.19. The Hall–Kier alpha value is -3.67. The highest BCUT2D eigenvalue weighted by molar-refractivity contribution is 5.93. The number of nitrogens with zero attached hydrogens (tertiary/aromatic N) is 3. The van der Waals surface area contributed by atoms with Crippen molar-refractivity contribution in [3.05, 3.63) is 84.6 Å². The van der Waals surface area contributed by atoms with Crippen molar-refractivity contribution in [3.8, 4) is 39.5 Å². The molecule has 0 saturated heterocycles. The lowest BCUT2D eigenvalue weighted by atomic mass is 9.93. The minimum Gasteiger partial charge on any atom is -0.479 e. The Morgan fingerprint density at radius 2 is 1.43 bits per heavy atom. The summed E-state index contributed by atoms with van der Waals surface area (Å²) in [6.07, 6.45) is 1.63. The van der Waals surface area contributed by atoms with Crippen LogP contribution in [-0.4, -0.2) is 22.3 Å². The standard InChI is InChI=1S/C22H15F2N3O/c1-28-22-20(17-12-5-6-13-25-17)18(14-8-3-2-4-9-14)21(26-27-22)19-15(23)10-7-11-16(19)24/h2-13H,1H3.